The third kappa shape index (κ3) is 1.72. The second-order valence-electron chi connectivity index (χ2n) is 3.04. The van der Waals surface area contributed by atoms with Crippen LogP contribution in [0.2, 0.25) is 0 Å². The zero-order valence-corrected chi connectivity index (χ0v) is 8.12. The van der Waals surface area contributed by atoms with E-state index < -0.39 is 0 Å². The molecule has 0 saturated heterocycles. The van der Waals surface area contributed by atoms with E-state index in [2.05, 4.69) is 11.1 Å². The Bertz CT molecular complexity index is 408. The molecule has 2 rings (SSSR count). The van der Waals surface area contributed by atoms with E-state index in [-0.39, 0.29) is 0 Å². The van der Waals surface area contributed by atoms with Gasteiger partial charge in [-0.15, -0.1) is 0 Å². The molecule has 3 nitrogen and oxygen atoms in total. The summed E-state index contributed by atoms with van der Waals surface area (Å²) in [5.74, 6) is 0.879. The van der Waals surface area contributed by atoms with Crippen molar-refractivity contribution in [3.63, 3.8) is 0 Å². The van der Waals surface area contributed by atoms with Crippen LogP contribution in [0.3, 0.4) is 0 Å². The van der Waals surface area contributed by atoms with Crippen molar-refractivity contribution >= 4 is 10.9 Å². The Morgan fingerprint density at radius 1 is 1.21 bits per heavy atom. The van der Waals surface area contributed by atoms with Crippen molar-refractivity contribution < 1.29 is 9.47 Å². The summed E-state index contributed by atoms with van der Waals surface area (Å²) < 4.78 is 10.5. The Morgan fingerprint density at radius 3 is 3.00 bits per heavy atom. The molecular formula is C11H13NO2. The van der Waals surface area contributed by atoms with E-state index in [1.54, 1.807) is 7.11 Å². The van der Waals surface area contributed by atoms with Crippen LogP contribution in [-0.4, -0.2) is 25.3 Å². The van der Waals surface area contributed by atoms with Gasteiger partial charge in [0.2, 0.25) is 0 Å². The third-order valence-electron chi connectivity index (χ3n) is 2.09. The maximum absolute atomic E-state index is 5.56. The molecule has 0 fully saturated rings. The van der Waals surface area contributed by atoms with Gasteiger partial charge in [-0.25, -0.2) is 0 Å². The number of hydrogen-bond donors (Lipinski definition) is 1. The molecule has 1 aromatic carbocycles. The summed E-state index contributed by atoms with van der Waals surface area (Å²) in [4.78, 5) is 3.15. The molecule has 0 aliphatic heterocycles. The second-order valence-corrected chi connectivity index (χ2v) is 3.04. The van der Waals surface area contributed by atoms with Crippen LogP contribution in [0.4, 0.5) is 0 Å². The zero-order valence-electron chi connectivity index (χ0n) is 8.12. The molecule has 2 aromatic rings. The van der Waals surface area contributed by atoms with E-state index >= 15 is 0 Å². The predicted molar refractivity (Wildman–Crippen MR) is 55.7 cm³/mol. The number of para-hydroxylation sites is 1. The normalized spacial score (nSPS) is 10.6. The number of H-pyrrole nitrogens is 1. The quantitative estimate of drug-likeness (QED) is 0.752. The predicted octanol–water partition coefficient (Wildman–Crippen LogP) is 2.19. The largest absolute Gasteiger partial charge is 0.489 e. The van der Waals surface area contributed by atoms with Crippen molar-refractivity contribution in [2.45, 2.75) is 0 Å². The molecule has 0 atom stereocenters. The van der Waals surface area contributed by atoms with Crippen LogP contribution in [0.1, 0.15) is 0 Å². The lowest BCUT2D eigenvalue weighted by molar-refractivity contribution is 0.147. The number of benzene rings is 1. The van der Waals surface area contributed by atoms with Crippen LogP contribution in [0.15, 0.2) is 30.5 Å². The lowest BCUT2D eigenvalue weighted by Crippen LogP contribution is -2.04. The van der Waals surface area contributed by atoms with Crippen LogP contribution < -0.4 is 4.74 Å². The molecule has 0 radical (unpaired) electrons. The van der Waals surface area contributed by atoms with Crippen molar-refractivity contribution in [2.24, 2.45) is 0 Å². The van der Waals surface area contributed by atoms with E-state index in [4.69, 9.17) is 9.47 Å². The SMILES string of the molecule is COCCOc1cccc2cc[nH]c12. The fourth-order valence-electron chi connectivity index (χ4n) is 1.41. The van der Waals surface area contributed by atoms with E-state index in [1.165, 1.54) is 5.39 Å². The van der Waals surface area contributed by atoms with E-state index in [1.807, 2.05) is 24.4 Å². The fraction of sp³-hybridized carbons (Fsp3) is 0.273. The number of hydrogen-bond acceptors (Lipinski definition) is 2. The molecule has 0 amide bonds. The van der Waals surface area contributed by atoms with Gasteiger partial charge in [-0.3, -0.25) is 0 Å². The van der Waals surface area contributed by atoms with Crippen molar-refractivity contribution in [2.75, 3.05) is 20.3 Å². The van der Waals surface area contributed by atoms with Crippen molar-refractivity contribution in [1.29, 1.82) is 0 Å². The van der Waals surface area contributed by atoms with Gasteiger partial charge in [-0.2, -0.15) is 0 Å². The van der Waals surface area contributed by atoms with Crippen molar-refractivity contribution in [1.82, 2.24) is 4.98 Å². The van der Waals surface area contributed by atoms with Gasteiger partial charge < -0.3 is 14.5 Å². The summed E-state index contributed by atoms with van der Waals surface area (Å²) in [5, 5.41) is 1.17. The van der Waals surface area contributed by atoms with E-state index in [0.29, 0.717) is 13.2 Å². The van der Waals surface area contributed by atoms with Gasteiger partial charge in [0.25, 0.3) is 0 Å². The van der Waals surface area contributed by atoms with Crippen molar-refractivity contribution in [3.05, 3.63) is 30.5 Å². The molecule has 14 heavy (non-hydrogen) atoms. The Morgan fingerprint density at radius 2 is 2.14 bits per heavy atom. The molecule has 0 bridgehead atoms. The van der Waals surface area contributed by atoms with E-state index in [9.17, 15) is 0 Å². The van der Waals surface area contributed by atoms with Gasteiger partial charge in [0.05, 0.1) is 12.1 Å². The maximum atomic E-state index is 5.56. The van der Waals surface area contributed by atoms with Crippen LogP contribution in [0.25, 0.3) is 10.9 Å². The van der Waals surface area contributed by atoms with Gasteiger partial charge in [-0.1, -0.05) is 12.1 Å². The number of ether oxygens (including phenoxy) is 2. The molecule has 3 heteroatoms. The molecule has 0 unspecified atom stereocenters. The first-order chi connectivity index (χ1) is 6.92. The Kier molecular flexibility index (Phi) is 2.70. The summed E-state index contributed by atoms with van der Waals surface area (Å²) in [6.07, 6.45) is 1.91. The first kappa shape index (κ1) is 9.09. The van der Waals surface area contributed by atoms with Crippen LogP contribution in [-0.2, 0) is 4.74 Å². The second kappa shape index (κ2) is 4.15. The highest BCUT2D eigenvalue weighted by molar-refractivity contribution is 5.85. The number of nitrogens with one attached hydrogen (secondary N) is 1. The Hall–Kier alpha value is -1.48. The highest BCUT2D eigenvalue weighted by atomic mass is 16.5. The lowest BCUT2D eigenvalue weighted by Gasteiger charge is -2.06. The lowest BCUT2D eigenvalue weighted by atomic mass is 10.2. The first-order valence-electron chi connectivity index (χ1n) is 4.59. The Labute approximate surface area is 82.6 Å². The highest BCUT2D eigenvalue weighted by Crippen LogP contribution is 2.23. The summed E-state index contributed by atoms with van der Waals surface area (Å²) in [5.41, 5.74) is 1.05. The monoisotopic (exact) mass is 191 g/mol. The van der Waals surface area contributed by atoms with Crippen molar-refractivity contribution in [3.8, 4) is 5.75 Å². The average Bonchev–Trinajstić information content (AvgIpc) is 2.67. The number of rotatable bonds is 4. The molecule has 1 aromatic heterocycles. The molecule has 1 heterocycles. The molecule has 74 valence electrons. The summed E-state index contributed by atoms with van der Waals surface area (Å²) in [7, 11) is 1.67. The molecular weight excluding hydrogens is 178 g/mol. The van der Waals surface area contributed by atoms with Gasteiger partial charge in [0, 0.05) is 18.7 Å². The minimum Gasteiger partial charge on any atom is -0.489 e. The summed E-state index contributed by atoms with van der Waals surface area (Å²) >= 11 is 0. The Balaban J connectivity index is 2.19. The number of methoxy groups -OCH3 is 1. The fourth-order valence-corrected chi connectivity index (χ4v) is 1.41. The van der Waals surface area contributed by atoms with Gasteiger partial charge in [-0.05, 0) is 12.1 Å². The maximum Gasteiger partial charge on any atom is 0.143 e. The standard InChI is InChI=1S/C11H13NO2/c1-13-7-8-14-10-4-2-3-9-5-6-12-11(9)10/h2-6,12H,7-8H2,1H3. The third-order valence-corrected chi connectivity index (χ3v) is 2.09. The van der Waals surface area contributed by atoms with Crippen LogP contribution in [0.5, 0.6) is 5.75 Å². The first-order valence-corrected chi connectivity index (χ1v) is 4.59. The van der Waals surface area contributed by atoms with Crippen LogP contribution in [0, 0.1) is 0 Å². The number of fused-ring (bicyclic) bond motifs is 1. The molecule has 0 saturated carbocycles. The molecule has 0 spiro atoms. The average molecular weight is 191 g/mol. The summed E-state index contributed by atoms with van der Waals surface area (Å²) in [6, 6.07) is 8.01. The van der Waals surface area contributed by atoms with Crippen LogP contribution >= 0.6 is 0 Å². The number of aromatic nitrogens is 1. The zero-order chi connectivity index (χ0) is 9.80. The minimum atomic E-state index is 0.578. The van der Waals surface area contributed by atoms with Gasteiger partial charge in [0.15, 0.2) is 0 Å². The summed E-state index contributed by atoms with van der Waals surface area (Å²) in [6.45, 7) is 1.19. The highest BCUT2D eigenvalue weighted by Gasteiger charge is 2.01. The molecule has 0 aliphatic carbocycles. The topological polar surface area (TPSA) is 34.2 Å². The minimum absolute atomic E-state index is 0.578. The van der Waals surface area contributed by atoms with Gasteiger partial charge in [0.1, 0.15) is 12.4 Å². The molecule has 1 N–H and O–H groups in total. The smallest absolute Gasteiger partial charge is 0.143 e. The van der Waals surface area contributed by atoms with E-state index in [0.717, 1.165) is 11.3 Å². The van der Waals surface area contributed by atoms with Gasteiger partial charge >= 0.3 is 0 Å². The number of aromatic amines is 1. The molecule has 0 aliphatic rings.